The second kappa shape index (κ2) is 12.9. The van der Waals surface area contributed by atoms with Gasteiger partial charge in [0.25, 0.3) is 0 Å². The molecule has 0 fully saturated rings. The lowest BCUT2D eigenvalue weighted by Gasteiger charge is -2.31. The van der Waals surface area contributed by atoms with E-state index in [4.69, 9.17) is 11.6 Å². The van der Waals surface area contributed by atoms with E-state index in [1.165, 1.54) is 5.56 Å². The largest absolute Gasteiger partial charge is 0.350 e. The van der Waals surface area contributed by atoms with Crippen LogP contribution in [0, 0.1) is 6.92 Å². The molecule has 188 valence electrons. The molecule has 1 atom stereocenters. The zero-order valence-electron chi connectivity index (χ0n) is 20.9. The minimum atomic E-state index is -0.673. The molecule has 0 aliphatic heterocycles. The average molecular weight is 511 g/mol. The van der Waals surface area contributed by atoms with Gasteiger partial charge in [-0.3, -0.25) is 9.59 Å². The fourth-order valence-electron chi connectivity index (χ4n) is 4.23. The lowest BCUT2D eigenvalue weighted by atomic mass is 10.0. The highest BCUT2D eigenvalue weighted by atomic mass is 35.5. The predicted octanol–water partition coefficient (Wildman–Crippen LogP) is 6.15. The standard InChI is InChI=1S/C32H31ClN2O2/c1-24-12-14-27(15-13-24)22-34-32(37)30(20-25-8-4-2-5-9-25)35(23-28-10-6-3-7-11-28)31(36)21-26-16-18-29(33)19-17-26/h2-19,30H,20-23H2,1H3,(H,34,37)/t30-/m1/s1. The van der Waals surface area contributed by atoms with Crippen molar-refractivity contribution in [3.63, 3.8) is 0 Å². The van der Waals surface area contributed by atoms with E-state index < -0.39 is 6.04 Å². The summed E-state index contributed by atoms with van der Waals surface area (Å²) < 4.78 is 0. The van der Waals surface area contributed by atoms with E-state index in [1.807, 2.05) is 104 Å². The van der Waals surface area contributed by atoms with Crippen LogP contribution in [0.3, 0.4) is 0 Å². The normalized spacial score (nSPS) is 11.5. The number of halogens is 1. The van der Waals surface area contributed by atoms with Crippen molar-refractivity contribution >= 4 is 23.4 Å². The Bertz CT molecular complexity index is 1290. The molecule has 0 saturated carbocycles. The van der Waals surface area contributed by atoms with Crippen molar-refractivity contribution in [2.45, 2.75) is 38.9 Å². The summed E-state index contributed by atoms with van der Waals surface area (Å²) in [6.45, 7) is 2.77. The van der Waals surface area contributed by atoms with Gasteiger partial charge in [0.2, 0.25) is 11.8 Å². The SMILES string of the molecule is Cc1ccc(CNC(=O)[C@@H](Cc2ccccc2)N(Cc2ccccc2)C(=O)Cc2ccc(Cl)cc2)cc1. The Hall–Kier alpha value is -3.89. The van der Waals surface area contributed by atoms with Crippen LogP contribution >= 0.6 is 11.6 Å². The lowest BCUT2D eigenvalue weighted by Crippen LogP contribution is -2.50. The smallest absolute Gasteiger partial charge is 0.243 e. The number of aryl methyl sites for hydroxylation is 1. The van der Waals surface area contributed by atoms with E-state index in [0.29, 0.717) is 24.5 Å². The zero-order valence-corrected chi connectivity index (χ0v) is 21.7. The summed E-state index contributed by atoms with van der Waals surface area (Å²) in [4.78, 5) is 29.2. The van der Waals surface area contributed by atoms with Gasteiger partial charge in [0.05, 0.1) is 6.42 Å². The molecule has 0 saturated heterocycles. The van der Waals surface area contributed by atoms with E-state index in [0.717, 1.165) is 22.3 Å². The first kappa shape index (κ1) is 26.2. The molecule has 1 N–H and O–H groups in total. The summed E-state index contributed by atoms with van der Waals surface area (Å²) >= 11 is 6.05. The number of rotatable bonds is 10. The number of carbonyl (C=O) groups is 2. The van der Waals surface area contributed by atoms with Gasteiger partial charge in [-0.2, -0.15) is 0 Å². The van der Waals surface area contributed by atoms with Gasteiger partial charge in [0.15, 0.2) is 0 Å². The maximum absolute atomic E-state index is 13.8. The Balaban J connectivity index is 1.62. The molecule has 0 aliphatic carbocycles. The van der Waals surface area contributed by atoms with Gasteiger partial charge in [0.1, 0.15) is 6.04 Å². The van der Waals surface area contributed by atoms with Crippen LogP contribution in [0.5, 0.6) is 0 Å². The number of hydrogen-bond donors (Lipinski definition) is 1. The topological polar surface area (TPSA) is 49.4 Å². The molecule has 37 heavy (non-hydrogen) atoms. The van der Waals surface area contributed by atoms with Crippen LogP contribution < -0.4 is 5.32 Å². The summed E-state index contributed by atoms with van der Waals surface area (Å²) in [7, 11) is 0. The second-order valence-corrected chi connectivity index (χ2v) is 9.66. The lowest BCUT2D eigenvalue weighted by molar-refractivity contribution is -0.140. The van der Waals surface area contributed by atoms with Gasteiger partial charge in [-0.1, -0.05) is 114 Å². The van der Waals surface area contributed by atoms with Crippen molar-refractivity contribution < 1.29 is 9.59 Å². The van der Waals surface area contributed by atoms with Crippen molar-refractivity contribution in [2.75, 3.05) is 0 Å². The molecule has 0 aromatic heterocycles. The molecule has 4 aromatic rings. The molecule has 4 rings (SSSR count). The molecule has 0 spiro atoms. The fraction of sp³-hybridized carbons (Fsp3) is 0.188. The summed E-state index contributed by atoms with van der Waals surface area (Å²) in [6.07, 6.45) is 0.598. The number of nitrogens with zero attached hydrogens (tertiary/aromatic N) is 1. The Kier molecular flexibility index (Phi) is 9.12. The number of carbonyl (C=O) groups excluding carboxylic acids is 2. The molecule has 4 nitrogen and oxygen atoms in total. The summed E-state index contributed by atoms with van der Waals surface area (Å²) in [5.41, 5.74) is 5.00. The first-order chi connectivity index (χ1) is 18.0. The van der Waals surface area contributed by atoms with E-state index in [-0.39, 0.29) is 18.2 Å². The monoisotopic (exact) mass is 510 g/mol. The third-order valence-electron chi connectivity index (χ3n) is 6.32. The van der Waals surface area contributed by atoms with Gasteiger partial charge in [-0.25, -0.2) is 0 Å². The third kappa shape index (κ3) is 7.80. The van der Waals surface area contributed by atoms with Gasteiger partial charge < -0.3 is 10.2 Å². The first-order valence-corrected chi connectivity index (χ1v) is 12.8. The van der Waals surface area contributed by atoms with Gasteiger partial charge in [-0.15, -0.1) is 0 Å². The first-order valence-electron chi connectivity index (χ1n) is 12.4. The summed E-state index contributed by atoms with van der Waals surface area (Å²) in [5, 5.41) is 3.70. The minimum absolute atomic E-state index is 0.113. The second-order valence-electron chi connectivity index (χ2n) is 9.22. The Labute approximate surface area is 223 Å². The maximum Gasteiger partial charge on any atom is 0.243 e. The van der Waals surface area contributed by atoms with Crippen molar-refractivity contribution in [1.82, 2.24) is 10.2 Å². The number of nitrogens with one attached hydrogen (secondary N) is 1. The molecular weight excluding hydrogens is 480 g/mol. The Morgan fingerprint density at radius 3 is 1.92 bits per heavy atom. The highest BCUT2D eigenvalue weighted by Gasteiger charge is 2.30. The van der Waals surface area contributed by atoms with E-state index in [9.17, 15) is 9.59 Å². The van der Waals surface area contributed by atoms with Crippen LogP contribution in [0.4, 0.5) is 0 Å². The van der Waals surface area contributed by atoms with E-state index in [1.54, 1.807) is 17.0 Å². The van der Waals surface area contributed by atoms with Crippen molar-refractivity contribution in [3.05, 3.63) is 142 Å². The van der Waals surface area contributed by atoms with Crippen LogP contribution in [0.1, 0.15) is 27.8 Å². The van der Waals surface area contributed by atoms with Crippen LogP contribution in [0.2, 0.25) is 5.02 Å². The molecule has 0 aliphatic rings. The highest BCUT2D eigenvalue weighted by Crippen LogP contribution is 2.18. The van der Waals surface area contributed by atoms with Crippen molar-refractivity contribution in [3.8, 4) is 0 Å². The zero-order chi connectivity index (χ0) is 26.0. The minimum Gasteiger partial charge on any atom is -0.350 e. The van der Waals surface area contributed by atoms with Gasteiger partial charge in [-0.05, 0) is 41.3 Å². The molecular formula is C32H31ClN2O2. The molecule has 4 aromatic carbocycles. The predicted molar refractivity (Wildman–Crippen MR) is 149 cm³/mol. The molecule has 0 unspecified atom stereocenters. The number of benzene rings is 4. The Morgan fingerprint density at radius 1 is 0.730 bits per heavy atom. The number of hydrogen-bond acceptors (Lipinski definition) is 2. The average Bonchev–Trinajstić information content (AvgIpc) is 2.92. The summed E-state index contributed by atoms with van der Waals surface area (Å²) in [6, 6.07) is 34.3. The molecule has 0 radical (unpaired) electrons. The third-order valence-corrected chi connectivity index (χ3v) is 6.57. The van der Waals surface area contributed by atoms with E-state index in [2.05, 4.69) is 5.32 Å². The van der Waals surface area contributed by atoms with Crippen LogP contribution in [0.15, 0.2) is 109 Å². The van der Waals surface area contributed by atoms with Gasteiger partial charge in [0, 0.05) is 24.5 Å². The fourth-order valence-corrected chi connectivity index (χ4v) is 4.35. The van der Waals surface area contributed by atoms with Crippen LogP contribution in [0.25, 0.3) is 0 Å². The molecule has 2 amide bonds. The van der Waals surface area contributed by atoms with Gasteiger partial charge >= 0.3 is 0 Å². The quantitative estimate of drug-likeness (QED) is 0.278. The maximum atomic E-state index is 13.8. The molecule has 0 bridgehead atoms. The van der Waals surface area contributed by atoms with E-state index >= 15 is 0 Å². The highest BCUT2D eigenvalue weighted by molar-refractivity contribution is 6.30. The molecule has 0 heterocycles. The Morgan fingerprint density at radius 2 is 1.30 bits per heavy atom. The van der Waals surface area contributed by atoms with Crippen molar-refractivity contribution in [1.29, 1.82) is 0 Å². The molecule has 5 heteroatoms. The number of amides is 2. The van der Waals surface area contributed by atoms with Crippen LogP contribution in [-0.2, 0) is 35.5 Å². The van der Waals surface area contributed by atoms with Crippen LogP contribution in [-0.4, -0.2) is 22.8 Å². The summed E-state index contributed by atoms with van der Waals surface area (Å²) in [5.74, 6) is -0.289. The van der Waals surface area contributed by atoms with Crippen molar-refractivity contribution in [2.24, 2.45) is 0 Å².